The number of carbonyl (C=O) groups is 1. The highest BCUT2D eigenvalue weighted by Crippen LogP contribution is 2.14. The van der Waals surface area contributed by atoms with Crippen molar-refractivity contribution in [2.75, 3.05) is 5.32 Å². The van der Waals surface area contributed by atoms with E-state index in [9.17, 15) is 10.1 Å². The second-order valence-electron chi connectivity index (χ2n) is 6.22. The van der Waals surface area contributed by atoms with Gasteiger partial charge in [0.05, 0.1) is 6.04 Å². The number of hydrogen-bond donors (Lipinski definition) is 2. The van der Waals surface area contributed by atoms with Gasteiger partial charge in [-0.1, -0.05) is 55.8 Å². The predicted octanol–water partition coefficient (Wildman–Crippen LogP) is 4.73. The molecule has 0 aliphatic heterocycles. The van der Waals surface area contributed by atoms with Crippen molar-refractivity contribution < 1.29 is 4.79 Å². The lowest BCUT2D eigenvalue weighted by Crippen LogP contribution is -2.28. The van der Waals surface area contributed by atoms with Crippen LogP contribution in [0.3, 0.4) is 0 Å². The van der Waals surface area contributed by atoms with Crippen molar-refractivity contribution in [3.05, 3.63) is 77.5 Å². The summed E-state index contributed by atoms with van der Waals surface area (Å²) in [6.07, 6.45) is 4.86. The van der Waals surface area contributed by atoms with Gasteiger partial charge in [-0.25, -0.2) is 0 Å². The first-order valence-electron chi connectivity index (χ1n) is 8.95. The van der Waals surface area contributed by atoms with Crippen molar-refractivity contribution in [1.82, 2.24) is 5.32 Å². The van der Waals surface area contributed by atoms with E-state index in [2.05, 4.69) is 29.7 Å². The fraction of sp³-hybridized carbons (Fsp3) is 0.273. The summed E-state index contributed by atoms with van der Waals surface area (Å²) in [5.74, 6) is -0.393. The molecule has 1 atom stereocenters. The van der Waals surface area contributed by atoms with Crippen LogP contribution >= 0.6 is 0 Å². The van der Waals surface area contributed by atoms with E-state index < -0.39 is 5.91 Å². The Hall–Kier alpha value is -3.06. The smallest absolute Gasteiger partial charge is 0.263 e. The molecule has 0 bridgehead atoms. The summed E-state index contributed by atoms with van der Waals surface area (Å²) in [5, 5.41) is 15.2. The normalized spacial score (nSPS) is 12.1. The van der Waals surface area contributed by atoms with E-state index in [0.29, 0.717) is 0 Å². The molecule has 4 heteroatoms. The fourth-order valence-electron chi connectivity index (χ4n) is 2.55. The van der Waals surface area contributed by atoms with Crippen LogP contribution in [0.5, 0.6) is 0 Å². The fourth-order valence-corrected chi connectivity index (χ4v) is 2.55. The molecule has 2 rings (SSSR count). The van der Waals surface area contributed by atoms with E-state index in [1.54, 1.807) is 0 Å². The summed E-state index contributed by atoms with van der Waals surface area (Å²) in [4.78, 5) is 12.3. The molecule has 2 N–H and O–H groups in total. The monoisotopic (exact) mass is 347 g/mol. The Morgan fingerprint density at radius 1 is 1.15 bits per heavy atom. The number of anilines is 1. The van der Waals surface area contributed by atoms with Gasteiger partial charge in [-0.2, -0.15) is 5.26 Å². The molecule has 4 nitrogen and oxygen atoms in total. The lowest BCUT2D eigenvalue weighted by Gasteiger charge is -2.13. The van der Waals surface area contributed by atoms with Gasteiger partial charge in [-0.3, -0.25) is 4.79 Å². The molecule has 0 aromatic heterocycles. The van der Waals surface area contributed by atoms with Gasteiger partial charge in [0, 0.05) is 11.9 Å². The van der Waals surface area contributed by atoms with Gasteiger partial charge in [0.2, 0.25) is 0 Å². The highest BCUT2D eigenvalue weighted by atomic mass is 16.1. The Kier molecular flexibility index (Phi) is 7.45. The first kappa shape index (κ1) is 19.3. The van der Waals surface area contributed by atoms with Crippen molar-refractivity contribution in [3.63, 3.8) is 0 Å². The van der Waals surface area contributed by atoms with Crippen LogP contribution in [0.2, 0.25) is 0 Å². The molecule has 1 unspecified atom stereocenters. The van der Waals surface area contributed by atoms with Crippen molar-refractivity contribution in [3.8, 4) is 6.07 Å². The van der Waals surface area contributed by atoms with Gasteiger partial charge in [0.1, 0.15) is 11.6 Å². The van der Waals surface area contributed by atoms with E-state index >= 15 is 0 Å². The van der Waals surface area contributed by atoms with Crippen molar-refractivity contribution >= 4 is 11.6 Å². The molecular formula is C22H25N3O. The van der Waals surface area contributed by atoms with Crippen LogP contribution < -0.4 is 10.6 Å². The number of carbonyl (C=O) groups excluding carboxylic acids is 1. The minimum absolute atomic E-state index is 0.0443. The summed E-state index contributed by atoms with van der Waals surface area (Å²) in [5.41, 5.74) is 3.18. The maximum Gasteiger partial charge on any atom is 0.263 e. The van der Waals surface area contributed by atoms with E-state index in [4.69, 9.17) is 0 Å². The van der Waals surface area contributed by atoms with E-state index in [1.807, 2.05) is 55.5 Å². The van der Waals surface area contributed by atoms with Gasteiger partial charge < -0.3 is 10.6 Å². The number of amides is 1. The average Bonchev–Trinajstić information content (AvgIpc) is 2.68. The van der Waals surface area contributed by atoms with Crippen molar-refractivity contribution in [2.45, 2.75) is 39.2 Å². The third-order valence-corrected chi connectivity index (χ3v) is 4.17. The summed E-state index contributed by atoms with van der Waals surface area (Å²) in [6.45, 7) is 4.07. The predicted molar refractivity (Wildman–Crippen MR) is 105 cm³/mol. The van der Waals surface area contributed by atoms with Crippen LogP contribution in [0.25, 0.3) is 0 Å². The summed E-state index contributed by atoms with van der Waals surface area (Å²) in [7, 11) is 0. The molecule has 26 heavy (non-hydrogen) atoms. The maximum atomic E-state index is 12.3. The van der Waals surface area contributed by atoms with Crippen LogP contribution in [-0.4, -0.2) is 5.91 Å². The first-order valence-corrected chi connectivity index (χ1v) is 8.95. The molecule has 0 fully saturated rings. The summed E-state index contributed by atoms with van der Waals surface area (Å²) in [6, 6.07) is 19.5. The first-order chi connectivity index (χ1) is 12.6. The SMILES string of the molecule is CCCCc1ccc(N/C=C(/C#N)C(=O)NC(C)c2ccccc2)cc1. The van der Waals surface area contributed by atoms with Crippen molar-refractivity contribution in [1.29, 1.82) is 5.26 Å². The highest BCUT2D eigenvalue weighted by molar-refractivity contribution is 5.97. The van der Waals surface area contributed by atoms with Crippen LogP contribution in [-0.2, 0) is 11.2 Å². The van der Waals surface area contributed by atoms with E-state index in [-0.39, 0.29) is 11.6 Å². The Morgan fingerprint density at radius 3 is 2.46 bits per heavy atom. The minimum Gasteiger partial charge on any atom is -0.360 e. The molecule has 0 radical (unpaired) electrons. The molecule has 0 aliphatic rings. The Labute approximate surface area is 155 Å². The third kappa shape index (κ3) is 5.78. The summed E-state index contributed by atoms with van der Waals surface area (Å²) >= 11 is 0. The zero-order chi connectivity index (χ0) is 18.8. The lowest BCUT2D eigenvalue weighted by molar-refractivity contribution is -0.117. The number of hydrogen-bond acceptors (Lipinski definition) is 3. The molecular weight excluding hydrogens is 322 g/mol. The Balaban J connectivity index is 1.96. The van der Waals surface area contributed by atoms with Gasteiger partial charge in [0.25, 0.3) is 5.91 Å². The second-order valence-corrected chi connectivity index (χ2v) is 6.22. The third-order valence-electron chi connectivity index (χ3n) is 4.17. The quantitative estimate of drug-likeness (QED) is 0.536. The molecule has 2 aromatic rings. The van der Waals surface area contributed by atoms with Crippen LogP contribution in [0, 0.1) is 11.3 Å². The van der Waals surface area contributed by atoms with Gasteiger partial charge in [0.15, 0.2) is 0 Å². The zero-order valence-electron chi connectivity index (χ0n) is 15.3. The van der Waals surface area contributed by atoms with E-state index in [0.717, 1.165) is 17.7 Å². The average molecular weight is 347 g/mol. The zero-order valence-corrected chi connectivity index (χ0v) is 15.3. The standard InChI is InChI=1S/C22H25N3O/c1-3-4-8-18-11-13-21(14-12-18)24-16-20(15-23)22(26)25-17(2)19-9-6-5-7-10-19/h5-7,9-14,16-17,24H,3-4,8H2,1-2H3,(H,25,26)/b20-16-. The molecule has 0 spiro atoms. The van der Waals surface area contributed by atoms with Crippen LogP contribution in [0.4, 0.5) is 5.69 Å². The van der Waals surface area contributed by atoms with Crippen LogP contribution in [0.15, 0.2) is 66.4 Å². The number of unbranched alkanes of at least 4 members (excludes halogenated alkanes) is 1. The largest absolute Gasteiger partial charge is 0.360 e. The molecule has 0 saturated heterocycles. The number of rotatable bonds is 8. The molecule has 1 amide bonds. The molecule has 0 aliphatic carbocycles. The number of aryl methyl sites for hydroxylation is 1. The van der Waals surface area contributed by atoms with Gasteiger partial charge in [-0.05, 0) is 43.0 Å². The second kappa shape index (κ2) is 10.0. The number of nitrogens with one attached hydrogen (secondary N) is 2. The molecule has 0 saturated carbocycles. The Bertz CT molecular complexity index is 773. The molecule has 2 aromatic carbocycles. The minimum atomic E-state index is -0.393. The van der Waals surface area contributed by atoms with Gasteiger partial charge >= 0.3 is 0 Å². The molecule has 0 heterocycles. The number of nitrogens with zero attached hydrogens (tertiary/aromatic N) is 1. The topological polar surface area (TPSA) is 64.9 Å². The highest BCUT2D eigenvalue weighted by Gasteiger charge is 2.13. The van der Waals surface area contributed by atoms with Crippen LogP contribution in [0.1, 0.15) is 43.9 Å². The maximum absolute atomic E-state index is 12.3. The van der Waals surface area contributed by atoms with Gasteiger partial charge in [-0.15, -0.1) is 0 Å². The molecule has 134 valence electrons. The number of benzene rings is 2. The summed E-state index contributed by atoms with van der Waals surface area (Å²) < 4.78 is 0. The van der Waals surface area contributed by atoms with Crippen molar-refractivity contribution in [2.24, 2.45) is 0 Å². The lowest BCUT2D eigenvalue weighted by atomic mass is 10.1. The van der Waals surface area contributed by atoms with E-state index in [1.165, 1.54) is 24.6 Å². The number of nitriles is 1. The Morgan fingerprint density at radius 2 is 1.85 bits per heavy atom.